The van der Waals surface area contributed by atoms with Crippen molar-refractivity contribution in [1.29, 1.82) is 0 Å². The highest BCUT2D eigenvalue weighted by Gasteiger charge is 2.03. The Morgan fingerprint density at radius 3 is 2.89 bits per heavy atom. The van der Waals surface area contributed by atoms with Gasteiger partial charge in [-0.1, -0.05) is 11.3 Å². The van der Waals surface area contributed by atoms with Gasteiger partial charge in [-0.3, -0.25) is 20.2 Å². The van der Waals surface area contributed by atoms with Gasteiger partial charge >= 0.3 is 0 Å². The summed E-state index contributed by atoms with van der Waals surface area (Å²) in [6, 6.07) is 7.47. The van der Waals surface area contributed by atoms with Gasteiger partial charge in [0, 0.05) is 36.9 Å². The number of nitrogens with zero attached hydrogens (tertiary/aromatic N) is 3. The van der Waals surface area contributed by atoms with Crippen molar-refractivity contribution in [3.63, 3.8) is 0 Å². The number of rotatable bonds is 4. The second-order valence-electron chi connectivity index (χ2n) is 3.88. The van der Waals surface area contributed by atoms with E-state index in [0.717, 1.165) is 17.3 Å². The molecular weight excluding hydrogens is 246 g/mol. The first-order chi connectivity index (χ1) is 9.16. The number of hydroxylamine groups is 2. The lowest BCUT2D eigenvalue weighted by molar-refractivity contribution is -0.280. The van der Waals surface area contributed by atoms with Crippen LogP contribution in [0.4, 0.5) is 0 Å². The van der Waals surface area contributed by atoms with Crippen molar-refractivity contribution >= 4 is 12.0 Å². The first-order valence-corrected chi connectivity index (χ1v) is 5.61. The van der Waals surface area contributed by atoms with Crippen molar-refractivity contribution in [3.8, 4) is 0 Å². The molecule has 0 bridgehead atoms. The summed E-state index contributed by atoms with van der Waals surface area (Å²) < 4.78 is 1.92. The Balaban J connectivity index is 2.12. The molecule has 0 unspecified atom stereocenters. The third kappa shape index (κ3) is 3.51. The second-order valence-corrected chi connectivity index (χ2v) is 3.88. The van der Waals surface area contributed by atoms with Crippen LogP contribution < -0.4 is 0 Å². The number of carbonyl (C=O) groups excluding carboxylic acids is 1. The Morgan fingerprint density at radius 1 is 1.37 bits per heavy atom. The lowest BCUT2D eigenvalue weighted by Gasteiger charge is -2.06. The van der Waals surface area contributed by atoms with Crippen molar-refractivity contribution in [3.05, 3.63) is 60.2 Å². The molecule has 0 spiro atoms. The van der Waals surface area contributed by atoms with Crippen LogP contribution in [0.1, 0.15) is 11.3 Å². The van der Waals surface area contributed by atoms with Gasteiger partial charge in [0.1, 0.15) is 0 Å². The molecule has 0 radical (unpaired) electrons. The van der Waals surface area contributed by atoms with Crippen LogP contribution in [0.5, 0.6) is 0 Å². The first kappa shape index (κ1) is 13.0. The largest absolute Gasteiger partial charge is 0.343 e. The predicted molar refractivity (Wildman–Crippen MR) is 67.2 cm³/mol. The van der Waals surface area contributed by atoms with Crippen molar-refractivity contribution in [2.75, 3.05) is 0 Å². The van der Waals surface area contributed by atoms with Crippen LogP contribution in [0.25, 0.3) is 6.08 Å². The molecule has 6 nitrogen and oxygen atoms in total. The maximum Gasteiger partial charge on any atom is 0.296 e. The zero-order valence-corrected chi connectivity index (χ0v) is 10.0. The predicted octanol–water partition coefficient (Wildman–Crippen LogP) is 1.55. The van der Waals surface area contributed by atoms with Crippen LogP contribution >= 0.6 is 0 Å². The van der Waals surface area contributed by atoms with Crippen molar-refractivity contribution in [1.82, 2.24) is 14.8 Å². The Morgan fingerprint density at radius 2 is 2.21 bits per heavy atom. The number of pyridine rings is 1. The Kier molecular flexibility index (Phi) is 4.07. The van der Waals surface area contributed by atoms with Gasteiger partial charge in [0.2, 0.25) is 0 Å². The summed E-state index contributed by atoms with van der Waals surface area (Å²) in [4.78, 5) is 15.1. The quantitative estimate of drug-likeness (QED) is 0.496. The first-order valence-electron chi connectivity index (χ1n) is 5.61. The maximum atomic E-state index is 11.0. The van der Waals surface area contributed by atoms with Crippen LogP contribution in [-0.2, 0) is 11.3 Å². The third-order valence-electron chi connectivity index (χ3n) is 2.53. The topological polar surface area (TPSA) is 78.6 Å². The molecule has 0 aliphatic heterocycles. The van der Waals surface area contributed by atoms with Crippen LogP contribution in [0.3, 0.4) is 0 Å². The fraction of sp³-hybridized carbons (Fsp3) is 0.0769. The summed E-state index contributed by atoms with van der Waals surface area (Å²) in [6.45, 7) is 0.622. The number of hydrogen-bond acceptors (Lipinski definition) is 4. The van der Waals surface area contributed by atoms with Gasteiger partial charge in [0.05, 0.1) is 0 Å². The summed E-state index contributed by atoms with van der Waals surface area (Å²) in [5.74, 6) is -0.908. The Bertz CT molecular complexity index is 576. The summed E-state index contributed by atoms with van der Waals surface area (Å²) in [5.41, 5.74) is 1.81. The van der Waals surface area contributed by atoms with Gasteiger partial charge in [-0.15, -0.1) is 0 Å². The molecule has 2 heterocycles. The Labute approximate surface area is 109 Å². The zero-order valence-electron chi connectivity index (χ0n) is 10.0. The van der Waals surface area contributed by atoms with E-state index in [1.807, 2.05) is 35.0 Å². The molecule has 6 heteroatoms. The minimum atomic E-state index is -0.908. The zero-order chi connectivity index (χ0) is 13.7. The van der Waals surface area contributed by atoms with E-state index in [0.29, 0.717) is 6.54 Å². The molecule has 0 aliphatic rings. The average Bonchev–Trinajstić information content (AvgIpc) is 2.84. The lowest BCUT2D eigenvalue weighted by atomic mass is 10.3. The fourth-order valence-electron chi connectivity index (χ4n) is 1.63. The summed E-state index contributed by atoms with van der Waals surface area (Å²) >= 11 is 0. The average molecular weight is 259 g/mol. The molecule has 2 aromatic heterocycles. The van der Waals surface area contributed by atoms with Crippen LogP contribution in [0, 0.1) is 0 Å². The van der Waals surface area contributed by atoms with E-state index < -0.39 is 11.1 Å². The molecule has 2 rings (SSSR count). The van der Waals surface area contributed by atoms with Gasteiger partial charge < -0.3 is 4.57 Å². The van der Waals surface area contributed by atoms with E-state index in [-0.39, 0.29) is 0 Å². The van der Waals surface area contributed by atoms with Crippen LogP contribution in [-0.4, -0.2) is 31.1 Å². The highest BCUT2D eigenvalue weighted by Crippen LogP contribution is 2.08. The molecule has 0 fully saturated rings. The minimum Gasteiger partial charge on any atom is -0.343 e. The summed E-state index contributed by atoms with van der Waals surface area (Å²) in [7, 11) is 0. The molecule has 0 aliphatic carbocycles. The molecule has 98 valence electrons. The van der Waals surface area contributed by atoms with Gasteiger partial charge in [-0.2, -0.15) is 0 Å². The SMILES string of the molecule is O=C(/C=C/c1cccn1Cc1cccnc1)N(O)O. The van der Waals surface area contributed by atoms with Gasteiger partial charge in [-0.25, -0.2) is 0 Å². The molecule has 0 atom stereocenters. The highest BCUT2D eigenvalue weighted by molar-refractivity contribution is 5.89. The monoisotopic (exact) mass is 259 g/mol. The van der Waals surface area contributed by atoms with E-state index in [9.17, 15) is 4.79 Å². The minimum absolute atomic E-state index is 0.453. The van der Waals surface area contributed by atoms with Crippen molar-refractivity contribution in [2.45, 2.75) is 6.54 Å². The third-order valence-corrected chi connectivity index (χ3v) is 2.53. The molecule has 0 aromatic carbocycles. The standard InChI is InChI=1S/C13H13N3O3/c17-13(16(18)19)6-5-12-4-2-8-15(12)10-11-3-1-7-14-9-11/h1-9,18-19H,10H2/b6-5+. The molecule has 0 saturated carbocycles. The number of amides is 1. The molecule has 2 aromatic rings. The van der Waals surface area contributed by atoms with E-state index in [4.69, 9.17) is 10.4 Å². The molecular formula is C13H13N3O3. The van der Waals surface area contributed by atoms with Gasteiger partial charge in [-0.05, 0) is 29.8 Å². The number of hydrogen-bond donors (Lipinski definition) is 2. The lowest BCUT2D eigenvalue weighted by Crippen LogP contribution is -2.20. The molecule has 19 heavy (non-hydrogen) atoms. The summed E-state index contributed by atoms with van der Waals surface area (Å²) in [6.07, 6.45) is 7.93. The van der Waals surface area contributed by atoms with Gasteiger partial charge in [0.15, 0.2) is 0 Å². The molecule has 0 saturated heterocycles. The smallest absolute Gasteiger partial charge is 0.296 e. The highest BCUT2D eigenvalue weighted by atomic mass is 16.8. The summed E-state index contributed by atoms with van der Waals surface area (Å²) in [5, 5.41) is 16.6. The maximum absolute atomic E-state index is 11.0. The number of carbonyl (C=O) groups is 1. The van der Waals surface area contributed by atoms with Crippen LogP contribution in [0.2, 0.25) is 0 Å². The van der Waals surface area contributed by atoms with Crippen molar-refractivity contribution < 1.29 is 15.2 Å². The Hall–Kier alpha value is -2.44. The van der Waals surface area contributed by atoms with Crippen molar-refractivity contribution in [2.24, 2.45) is 0 Å². The molecule has 1 amide bonds. The van der Waals surface area contributed by atoms with E-state index in [1.54, 1.807) is 12.4 Å². The van der Waals surface area contributed by atoms with E-state index in [2.05, 4.69) is 4.98 Å². The van der Waals surface area contributed by atoms with Gasteiger partial charge in [0.25, 0.3) is 5.91 Å². The normalized spacial score (nSPS) is 10.8. The second kappa shape index (κ2) is 5.94. The van der Waals surface area contributed by atoms with E-state index in [1.165, 1.54) is 6.08 Å². The number of aromatic nitrogens is 2. The fourth-order valence-corrected chi connectivity index (χ4v) is 1.63. The van der Waals surface area contributed by atoms with E-state index >= 15 is 0 Å². The molecule has 2 N–H and O–H groups in total. The van der Waals surface area contributed by atoms with Crippen LogP contribution in [0.15, 0.2) is 48.9 Å².